The number of hydrogen-bond acceptors (Lipinski definition) is 3. The van der Waals surface area contributed by atoms with Gasteiger partial charge in [0.15, 0.2) is 0 Å². The van der Waals surface area contributed by atoms with Crippen LogP contribution in [-0.4, -0.2) is 31.3 Å². The van der Waals surface area contributed by atoms with Gasteiger partial charge in [-0.25, -0.2) is 0 Å². The van der Waals surface area contributed by atoms with Gasteiger partial charge in [-0.2, -0.15) is 0 Å². The molecule has 21 heavy (non-hydrogen) atoms. The van der Waals surface area contributed by atoms with Crippen LogP contribution in [-0.2, 0) is 16.1 Å². The van der Waals surface area contributed by atoms with Crippen LogP contribution in [0.1, 0.15) is 30.9 Å². The molecule has 0 aromatic heterocycles. The molecule has 0 saturated heterocycles. The third kappa shape index (κ3) is 7.50. The third-order valence-electron chi connectivity index (χ3n) is 2.90. The Morgan fingerprint density at radius 2 is 2.10 bits per heavy atom. The predicted molar refractivity (Wildman–Crippen MR) is 82.5 cm³/mol. The van der Waals surface area contributed by atoms with Crippen molar-refractivity contribution < 1.29 is 14.6 Å². The van der Waals surface area contributed by atoms with E-state index in [4.69, 9.17) is 9.84 Å². The van der Waals surface area contributed by atoms with Crippen molar-refractivity contribution in [1.29, 1.82) is 0 Å². The van der Waals surface area contributed by atoms with E-state index >= 15 is 0 Å². The van der Waals surface area contributed by atoms with Crippen molar-refractivity contribution in [3.63, 3.8) is 0 Å². The molecule has 0 radical (unpaired) electrons. The Hall–Kier alpha value is -1.83. The van der Waals surface area contributed by atoms with Crippen LogP contribution in [0.5, 0.6) is 0 Å². The molecule has 0 aliphatic rings. The molecule has 0 saturated carbocycles. The summed E-state index contributed by atoms with van der Waals surface area (Å²) in [5.74, 6) is 6.09. The van der Waals surface area contributed by atoms with Gasteiger partial charge in [-0.15, -0.1) is 0 Å². The number of carbonyl (C=O) groups excluding carboxylic acids is 1. The molecule has 114 valence electrons. The van der Waals surface area contributed by atoms with Gasteiger partial charge >= 0.3 is 0 Å². The lowest BCUT2D eigenvalue weighted by Gasteiger charge is -2.10. The van der Waals surface area contributed by atoms with Crippen LogP contribution in [0.3, 0.4) is 0 Å². The SMILES string of the molecule is COCC(C)CC(=O)NCc1ccc(C#CCCO)cc1. The highest BCUT2D eigenvalue weighted by Crippen LogP contribution is 2.05. The molecule has 4 heteroatoms. The van der Waals surface area contributed by atoms with Crippen LogP contribution in [0.15, 0.2) is 24.3 Å². The van der Waals surface area contributed by atoms with E-state index in [1.54, 1.807) is 7.11 Å². The average Bonchev–Trinajstić information content (AvgIpc) is 2.47. The zero-order chi connectivity index (χ0) is 15.5. The van der Waals surface area contributed by atoms with Crippen LogP contribution in [0.2, 0.25) is 0 Å². The molecule has 0 aliphatic carbocycles. The zero-order valence-corrected chi connectivity index (χ0v) is 12.7. The minimum absolute atomic E-state index is 0.0337. The lowest BCUT2D eigenvalue weighted by Crippen LogP contribution is -2.25. The fourth-order valence-electron chi connectivity index (χ4n) is 1.86. The van der Waals surface area contributed by atoms with Crippen molar-refractivity contribution in [2.75, 3.05) is 20.3 Å². The molecule has 1 atom stereocenters. The average molecular weight is 289 g/mol. The van der Waals surface area contributed by atoms with Gasteiger partial charge in [-0.1, -0.05) is 30.9 Å². The van der Waals surface area contributed by atoms with Gasteiger partial charge in [0.1, 0.15) is 0 Å². The summed E-state index contributed by atoms with van der Waals surface area (Å²) in [6.45, 7) is 3.18. The summed E-state index contributed by atoms with van der Waals surface area (Å²) < 4.78 is 5.01. The van der Waals surface area contributed by atoms with E-state index in [-0.39, 0.29) is 18.4 Å². The highest BCUT2D eigenvalue weighted by atomic mass is 16.5. The number of benzene rings is 1. The summed E-state index contributed by atoms with van der Waals surface area (Å²) in [4.78, 5) is 11.7. The highest BCUT2D eigenvalue weighted by Gasteiger charge is 2.08. The number of aliphatic hydroxyl groups excluding tert-OH is 1. The van der Waals surface area contributed by atoms with Gasteiger partial charge in [0.2, 0.25) is 5.91 Å². The molecule has 1 aromatic rings. The van der Waals surface area contributed by atoms with Crippen LogP contribution in [0, 0.1) is 17.8 Å². The van der Waals surface area contributed by atoms with Crippen LogP contribution in [0.25, 0.3) is 0 Å². The standard InChI is InChI=1S/C17H23NO3/c1-14(13-21-2)11-17(20)18-12-16-8-6-15(7-9-16)5-3-4-10-19/h6-9,14,19H,4,10-13H2,1-2H3,(H,18,20). The Labute approximate surface area is 126 Å². The second-order valence-corrected chi connectivity index (χ2v) is 5.01. The van der Waals surface area contributed by atoms with Gasteiger partial charge in [-0.3, -0.25) is 4.79 Å². The largest absolute Gasteiger partial charge is 0.395 e. The molecule has 0 spiro atoms. The first-order chi connectivity index (χ1) is 10.2. The first-order valence-electron chi connectivity index (χ1n) is 7.10. The van der Waals surface area contributed by atoms with E-state index in [1.807, 2.05) is 31.2 Å². The smallest absolute Gasteiger partial charge is 0.220 e. The summed E-state index contributed by atoms with van der Waals surface area (Å²) in [7, 11) is 1.64. The highest BCUT2D eigenvalue weighted by molar-refractivity contribution is 5.76. The molecule has 1 aromatic carbocycles. The summed E-state index contributed by atoms with van der Waals surface area (Å²) in [5.41, 5.74) is 1.95. The molecular weight excluding hydrogens is 266 g/mol. The molecule has 1 rings (SSSR count). The fourth-order valence-corrected chi connectivity index (χ4v) is 1.86. The summed E-state index contributed by atoms with van der Waals surface area (Å²) in [6, 6.07) is 7.72. The second-order valence-electron chi connectivity index (χ2n) is 5.01. The Morgan fingerprint density at radius 1 is 1.38 bits per heavy atom. The molecule has 1 unspecified atom stereocenters. The third-order valence-corrected chi connectivity index (χ3v) is 2.90. The lowest BCUT2D eigenvalue weighted by molar-refractivity contribution is -0.122. The Bertz CT molecular complexity index is 485. The molecule has 0 aliphatic heterocycles. The maximum absolute atomic E-state index is 11.7. The molecule has 4 nitrogen and oxygen atoms in total. The monoisotopic (exact) mass is 289 g/mol. The normalized spacial score (nSPS) is 11.4. The van der Waals surface area contributed by atoms with E-state index < -0.39 is 0 Å². The molecule has 0 heterocycles. The van der Waals surface area contributed by atoms with E-state index in [0.29, 0.717) is 26.0 Å². The van der Waals surface area contributed by atoms with Crippen molar-refractivity contribution in [3.8, 4) is 11.8 Å². The van der Waals surface area contributed by atoms with Crippen molar-refractivity contribution in [3.05, 3.63) is 35.4 Å². The topological polar surface area (TPSA) is 58.6 Å². The van der Waals surface area contributed by atoms with E-state index in [9.17, 15) is 4.79 Å². The molecule has 2 N–H and O–H groups in total. The van der Waals surface area contributed by atoms with Gasteiger partial charge in [0.05, 0.1) is 6.61 Å². The maximum Gasteiger partial charge on any atom is 0.220 e. The van der Waals surface area contributed by atoms with Gasteiger partial charge in [-0.05, 0) is 23.6 Å². The van der Waals surface area contributed by atoms with E-state index in [1.165, 1.54) is 0 Å². The quantitative estimate of drug-likeness (QED) is 0.751. The number of hydrogen-bond donors (Lipinski definition) is 2. The van der Waals surface area contributed by atoms with Gasteiger partial charge < -0.3 is 15.2 Å². The lowest BCUT2D eigenvalue weighted by atomic mass is 10.1. The summed E-state index contributed by atoms with van der Waals surface area (Å²) in [6.07, 6.45) is 0.954. The number of methoxy groups -OCH3 is 1. The zero-order valence-electron chi connectivity index (χ0n) is 12.7. The minimum Gasteiger partial charge on any atom is -0.395 e. The first kappa shape index (κ1) is 17.2. The van der Waals surface area contributed by atoms with Crippen LogP contribution in [0.4, 0.5) is 0 Å². The Morgan fingerprint density at radius 3 is 2.71 bits per heavy atom. The van der Waals surface area contributed by atoms with Gasteiger partial charge in [0, 0.05) is 38.7 Å². The van der Waals surface area contributed by atoms with Crippen molar-refractivity contribution in [2.45, 2.75) is 26.3 Å². The van der Waals surface area contributed by atoms with Crippen LogP contribution < -0.4 is 5.32 Å². The maximum atomic E-state index is 11.7. The number of rotatable bonds is 7. The van der Waals surface area contributed by atoms with Crippen molar-refractivity contribution in [1.82, 2.24) is 5.32 Å². The van der Waals surface area contributed by atoms with Crippen molar-refractivity contribution in [2.24, 2.45) is 5.92 Å². The first-order valence-corrected chi connectivity index (χ1v) is 7.10. The van der Waals surface area contributed by atoms with E-state index in [0.717, 1.165) is 11.1 Å². The van der Waals surface area contributed by atoms with Gasteiger partial charge in [0.25, 0.3) is 0 Å². The Balaban J connectivity index is 2.39. The molecule has 1 amide bonds. The Kier molecular flexibility index (Phi) is 8.18. The predicted octanol–water partition coefficient (Wildman–Crippen LogP) is 1.71. The molecular formula is C17H23NO3. The second kappa shape index (κ2) is 9.98. The van der Waals surface area contributed by atoms with Crippen LogP contribution >= 0.6 is 0 Å². The van der Waals surface area contributed by atoms with Crippen molar-refractivity contribution >= 4 is 5.91 Å². The minimum atomic E-state index is 0.0337. The number of aliphatic hydroxyl groups is 1. The molecule has 0 bridgehead atoms. The summed E-state index contributed by atoms with van der Waals surface area (Å²) >= 11 is 0. The number of nitrogens with one attached hydrogen (secondary N) is 1. The molecule has 0 fully saturated rings. The number of ether oxygens (including phenoxy) is 1. The summed E-state index contributed by atoms with van der Waals surface area (Å²) in [5, 5.41) is 11.6. The number of carbonyl (C=O) groups is 1. The number of amides is 1. The fraction of sp³-hybridized carbons (Fsp3) is 0.471. The van der Waals surface area contributed by atoms with E-state index in [2.05, 4.69) is 17.2 Å².